The van der Waals surface area contributed by atoms with Crippen molar-refractivity contribution in [2.24, 2.45) is 0 Å². The van der Waals surface area contributed by atoms with Gasteiger partial charge >= 0.3 is 0 Å². The van der Waals surface area contributed by atoms with Gasteiger partial charge in [0, 0.05) is 36.8 Å². The van der Waals surface area contributed by atoms with E-state index in [0.29, 0.717) is 23.5 Å². The molecule has 0 spiro atoms. The van der Waals surface area contributed by atoms with Crippen molar-refractivity contribution < 1.29 is 14.2 Å². The molecule has 6 nitrogen and oxygen atoms in total. The van der Waals surface area contributed by atoms with Gasteiger partial charge < -0.3 is 24.5 Å². The fourth-order valence-electron chi connectivity index (χ4n) is 2.18. The summed E-state index contributed by atoms with van der Waals surface area (Å²) in [6.07, 6.45) is 2.55. The third-order valence-corrected chi connectivity index (χ3v) is 3.35. The molecule has 1 aromatic carbocycles. The number of methoxy groups -OCH3 is 1. The molecule has 1 fully saturated rings. The van der Waals surface area contributed by atoms with Gasteiger partial charge in [0.2, 0.25) is 0 Å². The predicted octanol–water partition coefficient (Wildman–Crippen LogP) is 1.93. The van der Waals surface area contributed by atoms with Crippen LogP contribution < -0.4 is 20.2 Å². The normalized spacial score (nSPS) is 14.0. The van der Waals surface area contributed by atoms with Gasteiger partial charge in [0.05, 0.1) is 32.4 Å². The van der Waals surface area contributed by atoms with Crippen LogP contribution in [0.4, 0.5) is 0 Å². The van der Waals surface area contributed by atoms with Gasteiger partial charge in [0.1, 0.15) is 0 Å². The van der Waals surface area contributed by atoms with Crippen molar-refractivity contribution in [3.63, 3.8) is 0 Å². The average Bonchev–Trinajstić information content (AvgIpc) is 2.61. The Hall–Kier alpha value is -2.05. The summed E-state index contributed by atoms with van der Waals surface area (Å²) in [5.74, 6) is 1.24. The highest BCUT2D eigenvalue weighted by Gasteiger charge is 2.08. The molecule has 0 atom stereocenters. The van der Waals surface area contributed by atoms with Gasteiger partial charge in [-0.2, -0.15) is 0 Å². The largest absolute Gasteiger partial charge is 0.493 e. The van der Waals surface area contributed by atoms with Crippen LogP contribution in [0.3, 0.4) is 0 Å². The van der Waals surface area contributed by atoms with Crippen LogP contribution in [-0.2, 0) is 4.74 Å². The molecule has 2 aromatic rings. The highest BCUT2D eigenvalue weighted by atomic mass is 16.5. The molecule has 0 saturated carbocycles. The number of nitrogens with one attached hydrogen (secondary N) is 2. The molecule has 0 radical (unpaired) electrons. The molecule has 0 amide bonds. The van der Waals surface area contributed by atoms with Crippen molar-refractivity contribution in [1.29, 1.82) is 0 Å². The van der Waals surface area contributed by atoms with Crippen molar-refractivity contribution in [1.82, 2.24) is 10.3 Å². The standard InChI is InChI=1S/C13H15NO3.C4H9NO/c1-3-6-17-13-8-10-9(7-12(13)16-2)11(15)4-5-14-10;1-3-6-4-2-5-1/h4-5,7-8H,3,6H2,1-2H3,(H,14,15);5H,1-4H2. The van der Waals surface area contributed by atoms with Gasteiger partial charge in [-0.25, -0.2) is 0 Å². The van der Waals surface area contributed by atoms with E-state index in [-0.39, 0.29) is 5.43 Å². The Balaban J connectivity index is 0.000000268. The number of benzene rings is 1. The van der Waals surface area contributed by atoms with E-state index in [2.05, 4.69) is 10.3 Å². The molecule has 1 aromatic heterocycles. The summed E-state index contributed by atoms with van der Waals surface area (Å²) in [5.41, 5.74) is 0.725. The molecule has 2 heterocycles. The van der Waals surface area contributed by atoms with Crippen LogP contribution >= 0.6 is 0 Å². The minimum Gasteiger partial charge on any atom is -0.493 e. The Morgan fingerprint density at radius 3 is 2.57 bits per heavy atom. The summed E-state index contributed by atoms with van der Waals surface area (Å²) in [6, 6.07) is 5.00. The molecule has 0 unspecified atom stereocenters. The first-order chi connectivity index (χ1) is 11.3. The molecule has 126 valence electrons. The number of aromatic amines is 1. The van der Waals surface area contributed by atoms with Gasteiger partial charge in [0.25, 0.3) is 0 Å². The zero-order valence-electron chi connectivity index (χ0n) is 13.7. The third-order valence-electron chi connectivity index (χ3n) is 3.35. The zero-order chi connectivity index (χ0) is 16.5. The number of hydrogen-bond donors (Lipinski definition) is 2. The van der Waals surface area contributed by atoms with Crippen molar-refractivity contribution in [2.45, 2.75) is 13.3 Å². The highest BCUT2D eigenvalue weighted by Crippen LogP contribution is 2.30. The molecule has 1 aliphatic rings. The van der Waals surface area contributed by atoms with Gasteiger partial charge in [-0.1, -0.05) is 6.92 Å². The molecule has 3 rings (SSSR count). The second kappa shape index (κ2) is 9.17. The quantitative estimate of drug-likeness (QED) is 0.900. The van der Waals surface area contributed by atoms with Gasteiger partial charge in [-0.05, 0) is 12.5 Å². The van der Waals surface area contributed by atoms with Crippen LogP contribution in [0.5, 0.6) is 11.5 Å². The van der Waals surface area contributed by atoms with Crippen molar-refractivity contribution in [3.8, 4) is 11.5 Å². The third kappa shape index (κ3) is 4.97. The van der Waals surface area contributed by atoms with E-state index in [1.54, 1.807) is 25.4 Å². The minimum absolute atomic E-state index is 0.0286. The summed E-state index contributed by atoms with van der Waals surface area (Å²) in [5, 5.41) is 3.76. The summed E-state index contributed by atoms with van der Waals surface area (Å²) >= 11 is 0. The Morgan fingerprint density at radius 2 is 2.00 bits per heavy atom. The molecule has 1 saturated heterocycles. The number of aromatic nitrogens is 1. The second-order valence-electron chi connectivity index (χ2n) is 5.10. The first kappa shape index (κ1) is 17.3. The molecule has 2 N–H and O–H groups in total. The zero-order valence-corrected chi connectivity index (χ0v) is 13.7. The number of rotatable bonds is 4. The SMILES string of the molecule is C1COCCN1.CCCOc1cc2[nH]ccc(=O)c2cc1OC. The Bertz CT molecular complexity index is 654. The maximum atomic E-state index is 11.7. The van der Waals surface area contributed by atoms with E-state index < -0.39 is 0 Å². The first-order valence-corrected chi connectivity index (χ1v) is 7.87. The van der Waals surface area contributed by atoms with Crippen LogP contribution in [-0.4, -0.2) is 45.0 Å². The fraction of sp³-hybridized carbons (Fsp3) is 0.471. The summed E-state index contributed by atoms with van der Waals surface area (Å²) in [4.78, 5) is 14.7. The lowest BCUT2D eigenvalue weighted by Gasteiger charge is -2.10. The van der Waals surface area contributed by atoms with E-state index in [4.69, 9.17) is 14.2 Å². The molecule has 23 heavy (non-hydrogen) atoms. The maximum absolute atomic E-state index is 11.7. The fourth-order valence-corrected chi connectivity index (χ4v) is 2.18. The van der Waals surface area contributed by atoms with Crippen LogP contribution in [0.1, 0.15) is 13.3 Å². The number of ether oxygens (including phenoxy) is 3. The smallest absolute Gasteiger partial charge is 0.189 e. The maximum Gasteiger partial charge on any atom is 0.189 e. The van der Waals surface area contributed by atoms with Crippen molar-refractivity contribution >= 4 is 10.9 Å². The van der Waals surface area contributed by atoms with Crippen LogP contribution in [0, 0.1) is 0 Å². The van der Waals surface area contributed by atoms with E-state index in [9.17, 15) is 4.79 Å². The van der Waals surface area contributed by atoms with E-state index in [0.717, 1.165) is 38.2 Å². The summed E-state index contributed by atoms with van der Waals surface area (Å²) < 4.78 is 15.8. The number of morpholine rings is 1. The molecular weight excluding hydrogens is 296 g/mol. The van der Waals surface area contributed by atoms with Crippen LogP contribution in [0.15, 0.2) is 29.2 Å². The molecule has 0 aliphatic carbocycles. The Morgan fingerprint density at radius 1 is 1.22 bits per heavy atom. The topological polar surface area (TPSA) is 72.6 Å². The average molecular weight is 320 g/mol. The van der Waals surface area contributed by atoms with Crippen LogP contribution in [0.25, 0.3) is 10.9 Å². The predicted molar refractivity (Wildman–Crippen MR) is 90.6 cm³/mol. The lowest BCUT2D eigenvalue weighted by molar-refractivity contribution is 0.109. The highest BCUT2D eigenvalue weighted by molar-refractivity contribution is 5.82. The Labute approximate surface area is 135 Å². The second-order valence-corrected chi connectivity index (χ2v) is 5.10. The van der Waals surface area contributed by atoms with Crippen molar-refractivity contribution in [3.05, 3.63) is 34.6 Å². The van der Waals surface area contributed by atoms with Gasteiger partial charge in [-0.3, -0.25) is 4.79 Å². The van der Waals surface area contributed by atoms with Gasteiger partial charge in [-0.15, -0.1) is 0 Å². The molecular formula is C17H24N2O4. The number of hydrogen-bond acceptors (Lipinski definition) is 5. The molecule has 6 heteroatoms. The van der Waals surface area contributed by atoms with Crippen LogP contribution in [0.2, 0.25) is 0 Å². The number of fused-ring (bicyclic) bond motifs is 1. The monoisotopic (exact) mass is 320 g/mol. The van der Waals surface area contributed by atoms with Gasteiger partial charge in [0.15, 0.2) is 16.9 Å². The summed E-state index contributed by atoms with van der Waals surface area (Å²) in [7, 11) is 1.57. The van der Waals surface area contributed by atoms with Crippen molar-refractivity contribution in [2.75, 3.05) is 40.0 Å². The number of H-pyrrole nitrogens is 1. The van der Waals surface area contributed by atoms with E-state index in [1.165, 1.54) is 6.07 Å². The Kier molecular flexibility index (Phi) is 6.90. The molecule has 1 aliphatic heterocycles. The minimum atomic E-state index is -0.0286. The first-order valence-electron chi connectivity index (χ1n) is 7.87. The lowest BCUT2D eigenvalue weighted by Crippen LogP contribution is -2.30. The van der Waals surface area contributed by atoms with E-state index >= 15 is 0 Å². The van der Waals surface area contributed by atoms with E-state index in [1.807, 2.05) is 6.92 Å². The lowest BCUT2D eigenvalue weighted by atomic mass is 10.2. The number of pyridine rings is 1. The molecule has 0 bridgehead atoms. The summed E-state index contributed by atoms with van der Waals surface area (Å²) in [6.45, 7) is 6.49.